The molecule has 0 aliphatic carbocycles. The molecule has 0 fully saturated rings. The van der Waals surface area contributed by atoms with Crippen molar-refractivity contribution in [3.8, 4) is 0 Å². The highest BCUT2D eigenvalue weighted by atomic mass is 32.2. The molecule has 0 radical (unpaired) electrons. The van der Waals surface area contributed by atoms with Gasteiger partial charge in [-0.2, -0.15) is 0 Å². The zero-order valence-corrected chi connectivity index (χ0v) is 11.0. The summed E-state index contributed by atoms with van der Waals surface area (Å²) >= 11 is 1.58. The molecule has 2 N–H and O–H groups in total. The summed E-state index contributed by atoms with van der Waals surface area (Å²) in [5, 5.41) is 8.79. The van der Waals surface area contributed by atoms with E-state index in [9.17, 15) is 0 Å². The molecule has 92 valence electrons. The van der Waals surface area contributed by atoms with Crippen LogP contribution in [0.3, 0.4) is 0 Å². The van der Waals surface area contributed by atoms with Crippen LogP contribution in [0, 0.1) is 6.92 Å². The Bertz CT molecular complexity index is 503. The van der Waals surface area contributed by atoms with E-state index in [-0.39, 0.29) is 6.04 Å². The van der Waals surface area contributed by atoms with E-state index in [0.717, 1.165) is 22.4 Å². The van der Waals surface area contributed by atoms with Gasteiger partial charge in [0.15, 0.2) is 5.16 Å². The zero-order valence-electron chi connectivity index (χ0n) is 10.2. The van der Waals surface area contributed by atoms with Crippen LogP contribution < -0.4 is 5.73 Å². The molecular formula is C11H16N4OS. The number of hydrogen-bond acceptors (Lipinski definition) is 5. The smallest absolute Gasteiger partial charge is 0.222 e. The van der Waals surface area contributed by atoms with Gasteiger partial charge in [0.05, 0.1) is 5.75 Å². The van der Waals surface area contributed by atoms with E-state index in [0.29, 0.717) is 5.95 Å². The van der Waals surface area contributed by atoms with E-state index in [1.807, 2.05) is 23.6 Å². The van der Waals surface area contributed by atoms with Gasteiger partial charge in [0.25, 0.3) is 0 Å². The summed E-state index contributed by atoms with van der Waals surface area (Å²) < 4.78 is 7.42. The molecule has 6 heteroatoms. The van der Waals surface area contributed by atoms with Gasteiger partial charge < -0.3 is 10.2 Å². The zero-order chi connectivity index (χ0) is 12.4. The third kappa shape index (κ3) is 2.63. The maximum Gasteiger partial charge on any atom is 0.222 e. The number of nitrogens with zero attached hydrogens (tertiary/aromatic N) is 3. The fourth-order valence-corrected chi connectivity index (χ4v) is 2.54. The second-order valence-electron chi connectivity index (χ2n) is 4.11. The standard InChI is InChI=1S/C11H16N4OS/c1-7(2)15-10(12)13-14-11(15)17-6-9-5-4-8(3)16-9/h4-5,7H,6H2,1-3H3,(H2,12,13). The summed E-state index contributed by atoms with van der Waals surface area (Å²) in [4.78, 5) is 0. The second kappa shape index (κ2) is 4.83. The average Bonchev–Trinajstić information content (AvgIpc) is 2.82. The van der Waals surface area contributed by atoms with Gasteiger partial charge in [-0.3, -0.25) is 4.57 Å². The van der Waals surface area contributed by atoms with Crippen LogP contribution in [0.25, 0.3) is 0 Å². The van der Waals surface area contributed by atoms with E-state index in [4.69, 9.17) is 10.2 Å². The van der Waals surface area contributed by atoms with Crippen molar-refractivity contribution in [1.29, 1.82) is 0 Å². The van der Waals surface area contributed by atoms with Crippen molar-refractivity contribution >= 4 is 17.7 Å². The van der Waals surface area contributed by atoms with Gasteiger partial charge in [-0.25, -0.2) is 0 Å². The molecule has 2 aromatic heterocycles. The monoisotopic (exact) mass is 252 g/mol. The Morgan fingerprint density at radius 1 is 1.41 bits per heavy atom. The van der Waals surface area contributed by atoms with Crippen LogP contribution in [-0.4, -0.2) is 14.8 Å². The molecule has 5 nitrogen and oxygen atoms in total. The Morgan fingerprint density at radius 3 is 2.76 bits per heavy atom. The Kier molecular flexibility index (Phi) is 3.42. The molecule has 17 heavy (non-hydrogen) atoms. The summed E-state index contributed by atoms with van der Waals surface area (Å²) in [5.74, 6) is 3.05. The van der Waals surface area contributed by atoms with E-state index in [1.165, 1.54) is 0 Å². The van der Waals surface area contributed by atoms with Gasteiger partial charge in [0.1, 0.15) is 11.5 Å². The summed E-state index contributed by atoms with van der Waals surface area (Å²) in [7, 11) is 0. The van der Waals surface area contributed by atoms with Crippen molar-refractivity contribution in [1.82, 2.24) is 14.8 Å². The van der Waals surface area contributed by atoms with Crippen molar-refractivity contribution in [3.05, 3.63) is 23.7 Å². The number of furan rings is 1. The Hall–Kier alpha value is -1.43. The van der Waals surface area contributed by atoms with E-state index >= 15 is 0 Å². The van der Waals surface area contributed by atoms with Gasteiger partial charge in [-0.05, 0) is 32.9 Å². The van der Waals surface area contributed by atoms with Gasteiger partial charge in [-0.1, -0.05) is 11.8 Å². The van der Waals surface area contributed by atoms with Gasteiger partial charge in [-0.15, -0.1) is 10.2 Å². The van der Waals surface area contributed by atoms with Crippen LogP contribution >= 0.6 is 11.8 Å². The van der Waals surface area contributed by atoms with Crippen molar-refractivity contribution < 1.29 is 4.42 Å². The topological polar surface area (TPSA) is 69.9 Å². The van der Waals surface area contributed by atoms with Crippen molar-refractivity contribution in [3.63, 3.8) is 0 Å². The number of rotatable bonds is 4. The number of aryl methyl sites for hydroxylation is 1. The van der Waals surface area contributed by atoms with Crippen LogP contribution in [0.4, 0.5) is 5.95 Å². The van der Waals surface area contributed by atoms with Crippen LogP contribution in [0.1, 0.15) is 31.4 Å². The van der Waals surface area contributed by atoms with E-state index in [1.54, 1.807) is 11.8 Å². The molecule has 0 unspecified atom stereocenters. The predicted molar refractivity (Wildman–Crippen MR) is 67.8 cm³/mol. The molecule has 0 bridgehead atoms. The van der Waals surface area contributed by atoms with E-state index in [2.05, 4.69) is 24.0 Å². The first-order valence-electron chi connectivity index (χ1n) is 5.46. The number of anilines is 1. The first-order valence-corrected chi connectivity index (χ1v) is 6.45. The highest BCUT2D eigenvalue weighted by Crippen LogP contribution is 2.26. The number of nitrogen functional groups attached to an aromatic ring is 1. The molecule has 2 aromatic rings. The number of nitrogens with two attached hydrogens (primary N) is 1. The Morgan fingerprint density at radius 2 is 2.18 bits per heavy atom. The minimum Gasteiger partial charge on any atom is -0.465 e. The minimum absolute atomic E-state index is 0.255. The normalized spacial score (nSPS) is 11.3. The first-order chi connectivity index (χ1) is 8.08. The SMILES string of the molecule is Cc1ccc(CSc2nnc(N)n2C(C)C)o1. The lowest BCUT2D eigenvalue weighted by Crippen LogP contribution is -2.06. The quantitative estimate of drug-likeness (QED) is 0.847. The highest BCUT2D eigenvalue weighted by Gasteiger charge is 2.13. The maximum atomic E-state index is 5.77. The molecule has 0 saturated carbocycles. The van der Waals surface area contributed by atoms with Crippen LogP contribution in [0.2, 0.25) is 0 Å². The Balaban J connectivity index is 2.09. The summed E-state index contributed by atoms with van der Waals surface area (Å²) in [6.07, 6.45) is 0. The largest absolute Gasteiger partial charge is 0.465 e. The summed E-state index contributed by atoms with van der Waals surface area (Å²) in [6.45, 7) is 6.05. The fraction of sp³-hybridized carbons (Fsp3) is 0.455. The van der Waals surface area contributed by atoms with Crippen molar-refractivity contribution in [2.75, 3.05) is 5.73 Å². The van der Waals surface area contributed by atoms with E-state index < -0.39 is 0 Å². The van der Waals surface area contributed by atoms with Crippen molar-refractivity contribution in [2.24, 2.45) is 0 Å². The maximum absolute atomic E-state index is 5.77. The number of hydrogen-bond donors (Lipinski definition) is 1. The molecule has 2 rings (SSSR count). The lowest BCUT2D eigenvalue weighted by molar-refractivity contribution is 0.500. The molecule has 0 aliphatic rings. The fourth-order valence-electron chi connectivity index (χ4n) is 1.57. The third-order valence-electron chi connectivity index (χ3n) is 2.35. The highest BCUT2D eigenvalue weighted by molar-refractivity contribution is 7.98. The lowest BCUT2D eigenvalue weighted by Gasteiger charge is -2.10. The average molecular weight is 252 g/mol. The molecule has 0 spiro atoms. The minimum atomic E-state index is 0.255. The molecular weight excluding hydrogens is 236 g/mol. The molecule has 0 saturated heterocycles. The summed E-state index contributed by atoms with van der Waals surface area (Å²) in [5.41, 5.74) is 5.77. The second-order valence-corrected chi connectivity index (χ2v) is 5.05. The summed E-state index contributed by atoms with van der Waals surface area (Å²) in [6, 6.07) is 4.19. The molecule has 2 heterocycles. The van der Waals surface area contributed by atoms with Crippen LogP contribution in [0.5, 0.6) is 0 Å². The molecule has 0 aromatic carbocycles. The molecule has 0 atom stereocenters. The third-order valence-corrected chi connectivity index (χ3v) is 3.31. The van der Waals surface area contributed by atoms with Gasteiger partial charge in [0, 0.05) is 6.04 Å². The number of aromatic nitrogens is 3. The predicted octanol–water partition coefficient (Wildman–Crippen LogP) is 2.63. The Labute approximate surface area is 104 Å². The molecule has 0 amide bonds. The number of thioether (sulfide) groups is 1. The lowest BCUT2D eigenvalue weighted by atomic mass is 10.4. The van der Waals surface area contributed by atoms with Gasteiger partial charge >= 0.3 is 0 Å². The van der Waals surface area contributed by atoms with Crippen LogP contribution in [-0.2, 0) is 5.75 Å². The van der Waals surface area contributed by atoms with Crippen molar-refractivity contribution in [2.45, 2.75) is 37.7 Å². The van der Waals surface area contributed by atoms with Crippen LogP contribution in [0.15, 0.2) is 21.7 Å². The molecule has 0 aliphatic heterocycles. The van der Waals surface area contributed by atoms with Gasteiger partial charge in [0.2, 0.25) is 5.95 Å². The first kappa shape index (κ1) is 12.0.